The minimum Gasteiger partial charge on any atom is -0.497 e. The summed E-state index contributed by atoms with van der Waals surface area (Å²) in [5.41, 5.74) is 0.989. The molecule has 144 valence electrons. The van der Waals surface area contributed by atoms with Crippen molar-refractivity contribution in [2.45, 2.75) is 13.5 Å². The van der Waals surface area contributed by atoms with Crippen LogP contribution < -0.4 is 14.8 Å². The van der Waals surface area contributed by atoms with E-state index in [0.717, 1.165) is 11.3 Å². The number of hydrogen-bond donors (Lipinski definition) is 1. The molecule has 0 spiro atoms. The maximum atomic E-state index is 11.9. The lowest BCUT2D eigenvalue weighted by atomic mass is 10.2. The molecule has 2 aromatic carbocycles. The molecule has 0 unspecified atom stereocenters. The Morgan fingerprint density at radius 3 is 2.26 bits per heavy atom. The van der Waals surface area contributed by atoms with E-state index in [4.69, 9.17) is 21.1 Å². The van der Waals surface area contributed by atoms with Gasteiger partial charge in [0.2, 0.25) is 5.91 Å². The molecule has 0 saturated heterocycles. The van der Waals surface area contributed by atoms with Gasteiger partial charge in [0.1, 0.15) is 11.5 Å². The van der Waals surface area contributed by atoms with Crippen molar-refractivity contribution in [3.8, 4) is 11.5 Å². The Morgan fingerprint density at radius 2 is 1.67 bits per heavy atom. The topological polar surface area (TPSA) is 67.9 Å². The molecule has 0 atom stereocenters. The van der Waals surface area contributed by atoms with Crippen LogP contribution in [0.4, 0.5) is 0 Å². The predicted octanol–water partition coefficient (Wildman–Crippen LogP) is 2.89. The van der Waals surface area contributed by atoms with Crippen LogP contribution in [0.1, 0.15) is 12.5 Å². The summed E-state index contributed by atoms with van der Waals surface area (Å²) in [4.78, 5) is 25.4. The Bertz CT molecular complexity index is 748. The monoisotopic (exact) mass is 390 g/mol. The van der Waals surface area contributed by atoms with Crippen molar-refractivity contribution in [3.05, 3.63) is 59.1 Å². The maximum Gasteiger partial charge on any atom is 0.258 e. The van der Waals surface area contributed by atoms with Crippen LogP contribution in [0.5, 0.6) is 11.5 Å². The molecule has 0 radical (unpaired) electrons. The molecule has 0 aliphatic carbocycles. The number of amides is 2. The molecule has 0 heterocycles. The standard InChI is InChI=1S/C20H23ClN2O4/c1-15(24)23(13-16-3-7-18(26-2)8-4-16)12-11-22-20(25)14-27-19-9-5-17(21)6-10-19/h3-10H,11-14H2,1-2H3,(H,22,25). The number of carbonyl (C=O) groups is 2. The van der Waals surface area contributed by atoms with Crippen molar-refractivity contribution in [3.63, 3.8) is 0 Å². The smallest absolute Gasteiger partial charge is 0.258 e. The second kappa shape index (κ2) is 10.4. The SMILES string of the molecule is COc1ccc(CN(CCNC(=O)COc2ccc(Cl)cc2)C(C)=O)cc1. The van der Waals surface area contributed by atoms with Crippen LogP contribution in [0.2, 0.25) is 5.02 Å². The van der Waals surface area contributed by atoms with Gasteiger partial charge >= 0.3 is 0 Å². The van der Waals surface area contributed by atoms with Gasteiger partial charge in [-0.2, -0.15) is 0 Å². The highest BCUT2D eigenvalue weighted by Crippen LogP contribution is 2.15. The molecule has 0 fully saturated rings. The first kappa shape index (κ1) is 20.6. The Kier molecular flexibility index (Phi) is 7.95. The Morgan fingerprint density at radius 1 is 1.04 bits per heavy atom. The van der Waals surface area contributed by atoms with E-state index in [-0.39, 0.29) is 18.4 Å². The molecule has 27 heavy (non-hydrogen) atoms. The number of hydrogen-bond acceptors (Lipinski definition) is 4. The highest BCUT2D eigenvalue weighted by Gasteiger charge is 2.10. The number of methoxy groups -OCH3 is 1. The molecule has 2 amide bonds. The second-order valence-electron chi connectivity index (χ2n) is 5.88. The third kappa shape index (κ3) is 7.19. The largest absolute Gasteiger partial charge is 0.497 e. The molecule has 1 N–H and O–H groups in total. The van der Waals surface area contributed by atoms with Gasteiger partial charge in [-0.15, -0.1) is 0 Å². The molecule has 0 aromatic heterocycles. The summed E-state index contributed by atoms with van der Waals surface area (Å²) >= 11 is 5.80. The van der Waals surface area contributed by atoms with E-state index in [9.17, 15) is 9.59 Å². The minimum absolute atomic E-state index is 0.0579. The fraction of sp³-hybridized carbons (Fsp3) is 0.300. The molecular weight excluding hydrogens is 368 g/mol. The Balaban J connectivity index is 1.75. The van der Waals surface area contributed by atoms with Crippen LogP contribution >= 0.6 is 11.6 Å². The van der Waals surface area contributed by atoms with Crippen LogP contribution in [-0.4, -0.2) is 43.5 Å². The van der Waals surface area contributed by atoms with Gasteiger partial charge in [-0.05, 0) is 42.0 Å². The number of rotatable bonds is 9. The van der Waals surface area contributed by atoms with Crippen LogP contribution in [0.3, 0.4) is 0 Å². The molecule has 2 aromatic rings. The zero-order chi connectivity index (χ0) is 19.6. The summed E-state index contributed by atoms with van der Waals surface area (Å²) in [6, 6.07) is 14.3. The van der Waals surface area contributed by atoms with Gasteiger partial charge in [0.15, 0.2) is 6.61 Å². The Labute approximate surface area is 164 Å². The number of ether oxygens (including phenoxy) is 2. The van der Waals surface area contributed by atoms with Crippen molar-refractivity contribution in [2.75, 3.05) is 26.8 Å². The molecule has 6 nitrogen and oxygen atoms in total. The normalized spacial score (nSPS) is 10.2. The first-order valence-electron chi connectivity index (χ1n) is 8.51. The molecule has 0 saturated carbocycles. The molecule has 0 bridgehead atoms. The van der Waals surface area contributed by atoms with Crippen LogP contribution in [-0.2, 0) is 16.1 Å². The van der Waals surface area contributed by atoms with Gasteiger partial charge in [-0.25, -0.2) is 0 Å². The fourth-order valence-corrected chi connectivity index (χ4v) is 2.49. The summed E-state index contributed by atoms with van der Waals surface area (Å²) in [6.45, 7) is 2.64. The zero-order valence-electron chi connectivity index (χ0n) is 15.4. The average Bonchev–Trinajstić information content (AvgIpc) is 2.67. The van der Waals surface area contributed by atoms with E-state index >= 15 is 0 Å². The maximum absolute atomic E-state index is 11.9. The van der Waals surface area contributed by atoms with Crippen LogP contribution in [0.25, 0.3) is 0 Å². The lowest BCUT2D eigenvalue weighted by Crippen LogP contribution is -2.38. The number of halogens is 1. The summed E-state index contributed by atoms with van der Waals surface area (Å²) in [7, 11) is 1.61. The Hall–Kier alpha value is -2.73. The summed E-state index contributed by atoms with van der Waals surface area (Å²) < 4.78 is 10.5. The first-order valence-corrected chi connectivity index (χ1v) is 8.89. The van der Waals surface area contributed by atoms with Crippen LogP contribution in [0.15, 0.2) is 48.5 Å². The van der Waals surface area contributed by atoms with Crippen molar-refractivity contribution < 1.29 is 19.1 Å². The number of nitrogens with zero attached hydrogens (tertiary/aromatic N) is 1. The van der Waals surface area contributed by atoms with Gasteiger partial charge in [0.25, 0.3) is 5.91 Å². The van der Waals surface area contributed by atoms with E-state index in [1.165, 1.54) is 6.92 Å². The first-order chi connectivity index (χ1) is 13.0. The van der Waals surface area contributed by atoms with E-state index in [1.807, 2.05) is 24.3 Å². The highest BCUT2D eigenvalue weighted by atomic mass is 35.5. The molecule has 2 rings (SSSR count). The van der Waals surface area contributed by atoms with Crippen molar-refractivity contribution in [1.29, 1.82) is 0 Å². The van der Waals surface area contributed by atoms with Crippen molar-refractivity contribution >= 4 is 23.4 Å². The van der Waals surface area contributed by atoms with Gasteiger partial charge in [-0.3, -0.25) is 9.59 Å². The van der Waals surface area contributed by atoms with Crippen molar-refractivity contribution in [1.82, 2.24) is 10.2 Å². The second-order valence-corrected chi connectivity index (χ2v) is 6.32. The fourth-order valence-electron chi connectivity index (χ4n) is 2.36. The van der Waals surface area contributed by atoms with Gasteiger partial charge in [0, 0.05) is 31.6 Å². The zero-order valence-corrected chi connectivity index (χ0v) is 16.2. The number of carbonyl (C=O) groups excluding carboxylic acids is 2. The number of benzene rings is 2. The molecule has 0 aliphatic rings. The molecule has 0 aliphatic heterocycles. The van der Waals surface area contributed by atoms with Gasteiger partial charge in [0.05, 0.1) is 7.11 Å². The van der Waals surface area contributed by atoms with Gasteiger partial charge in [-0.1, -0.05) is 23.7 Å². The highest BCUT2D eigenvalue weighted by molar-refractivity contribution is 6.30. The number of nitrogens with one attached hydrogen (secondary N) is 1. The summed E-state index contributed by atoms with van der Waals surface area (Å²) in [6.07, 6.45) is 0. The lowest BCUT2D eigenvalue weighted by Gasteiger charge is -2.21. The molecule has 7 heteroatoms. The summed E-state index contributed by atoms with van der Waals surface area (Å²) in [5, 5.41) is 3.35. The van der Waals surface area contributed by atoms with Gasteiger partial charge < -0.3 is 19.7 Å². The lowest BCUT2D eigenvalue weighted by molar-refractivity contribution is -0.130. The minimum atomic E-state index is -0.252. The van der Waals surface area contributed by atoms with E-state index in [2.05, 4.69) is 5.32 Å². The predicted molar refractivity (Wildman–Crippen MR) is 104 cm³/mol. The van der Waals surface area contributed by atoms with Crippen molar-refractivity contribution in [2.24, 2.45) is 0 Å². The third-order valence-electron chi connectivity index (χ3n) is 3.87. The average molecular weight is 391 g/mol. The van der Waals surface area contributed by atoms with E-state index in [1.54, 1.807) is 36.3 Å². The molecular formula is C20H23ClN2O4. The van der Waals surface area contributed by atoms with E-state index < -0.39 is 0 Å². The van der Waals surface area contributed by atoms with Crippen LogP contribution in [0, 0.1) is 0 Å². The van der Waals surface area contributed by atoms with E-state index in [0.29, 0.717) is 30.4 Å². The quantitative estimate of drug-likeness (QED) is 0.714. The third-order valence-corrected chi connectivity index (χ3v) is 4.12. The summed E-state index contributed by atoms with van der Waals surface area (Å²) in [5.74, 6) is 1.02.